The molecule has 1 aliphatic rings. The van der Waals surface area contributed by atoms with Gasteiger partial charge in [0.05, 0.1) is 0 Å². The van der Waals surface area contributed by atoms with Crippen molar-refractivity contribution in [1.29, 1.82) is 0 Å². The molecule has 38 valence electrons. The fraction of sp³-hybridized carbons (Fsp3) is 0.500. The highest BCUT2D eigenvalue weighted by atomic mass is 16.1. The molecule has 0 bridgehead atoms. The summed E-state index contributed by atoms with van der Waals surface area (Å²) in [7, 11) is 0. The van der Waals surface area contributed by atoms with Gasteiger partial charge in [-0.3, -0.25) is 4.79 Å². The molecular weight excluding hydrogens is 88.1 g/mol. The summed E-state index contributed by atoms with van der Waals surface area (Å²) >= 11 is 0. The summed E-state index contributed by atoms with van der Waals surface area (Å²) in [4.78, 5) is 10.2. The van der Waals surface area contributed by atoms with Crippen LogP contribution in [-0.2, 0) is 4.79 Å². The van der Waals surface area contributed by atoms with Crippen molar-refractivity contribution in [2.24, 2.45) is 5.92 Å². The van der Waals surface area contributed by atoms with Crippen molar-refractivity contribution < 1.29 is 4.79 Å². The number of hydrogen-bond donors (Lipinski definition) is 0. The monoisotopic (exact) mass is 96.1 g/mol. The zero-order valence-electron chi connectivity index (χ0n) is 4.18. The van der Waals surface area contributed by atoms with E-state index in [-0.39, 0.29) is 0 Å². The Morgan fingerprint density at radius 3 is 2.43 bits per heavy atom. The Balaban J connectivity index is 2.29. The van der Waals surface area contributed by atoms with Gasteiger partial charge in [0.1, 0.15) is 5.78 Å². The third-order valence-corrected chi connectivity index (χ3v) is 1.31. The van der Waals surface area contributed by atoms with Crippen LogP contribution < -0.4 is 0 Å². The number of carbonyl (C=O) groups is 1. The van der Waals surface area contributed by atoms with Crippen molar-refractivity contribution in [3.05, 3.63) is 12.7 Å². The molecule has 1 heteroatoms. The Kier molecular flexibility index (Phi) is 0.970. The van der Waals surface area contributed by atoms with Crippen molar-refractivity contribution in [1.82, 2.24) is 0 Å². The van der Waals surface area contributed by atoms with Gasteiger partial charge in [0.2, 0.25) is 0 Å². The number of allylic oxidation sites excluding steroid dienone is 1. The van der Waals surface area contributed by atoms with E-state index in [4.69, 9.17) is 0 Å². The molecule has 0 spiro atoms. The lowest BCUT2D eigenvalue weighted by Crippen LogP contribution is -2.20. The highest BCUT2D eigenvalue weighted by Gasteiger charge is 2.22. The molecule has 0 aliphatic heterocycles. The summed E-state index contributed by atoms with van der Waals surface area (Å²) in [6.07, 6.45) is 3.33. The van der Waals surface area contributed by atoms with Crippen LogP contribution in [-0.4, -0.2) is 5.78 Å². The second-order valence-electron chi connectivity index (χ2n) is 1.94. The van der Waals surface area contributed by atoms with E-state index < -0.39 is 0 Å². The highest BCUT2D eigenvalue weighted by Crippen LogP contribution is 2.22. The van der Waals surface area contributed by atoms with Crippen molar-refractivity contribution >= 4 is 5.78 Å². The van der Waals surface area contributed by atoms with Gasteiger partial charge in [-0.05, 0) is 5.92 Å². The molecule has 0 heterocycles. The Morgan fingerprint density at radius 2 is 2.29 bits per heavy atom. The predicted molar refractivity (Wildman–Crippen MR) is 27.9 cm³/mol. The van der Waals surface area contributed by atoms with Crippen LogP contribution in [0.3, 0.4) is 0 Å². The normalized spacial score (nSPS) is 21.4. The van der Waals surface area contributed by atoms with Crippen molar-refractivity contribution in [2.75, 3.05) is 0 Å². The fourth-order valence-corrected chi connectivity index (χ4v) is 0.692. The third kappa shape index (κ3) is 0.710. The van der Waals surface area contributed by atoms with Crippen LogP contribution in [0.5, 0.6) is 0 Å². The van der Waals surface area contributed by atoms with Crippen molar-refractivity contribution in [2.45, 2.75) is 12.8 Å². The molecule has 0 radical (unpaired) electrons. The topological polar surface area (TPSA) is 17.1 Å². The van der Waals surface area contributed by atoms with E-state index in [0.717, 1.165) is 12.8 Å². The molecule has 0 aromatic rings. The lowest BCUT2D eigenvalue weighted by Gasteiger charge is -2.18. The standard InChI is InChI=1S/C6H8O/c1-2-5-3-6(7)4-5/h2,5H,1,3-4H2. The van der Waals surface area contributed by atoms with Crippen LogP contribution >= 0.6 is 0 Å². The van der Waals surface area contributed by atoms with Gasteiger partial charge >= 0.3 is 0 Å². The Bertz CT molecular complexity index is 96.7. The number of hydrogen-bond acceptors (Lipinski definition) is 1. The average Bonchev–Trinajstić information content (AvgIpc) is 1.58. The number of Topliss-reactive ketones (excluding diaryl/α,β-unsaturated/α-hetero) is 1. The van der Waals surface area contributed by atoms with Gasteiger partial charge in [-0.25, -0.2) is 0 Å². The van der Waals surface area contributed by atoms with Gasteiger partial charge in [0, 0.05) is 12.8 Å². The van der Waals surface area contributed by atoms with Gasteiger partial charge in [-0.2, -0.15) is 0 Å². The number of ketones is 1. The number of rotatable bonds is 1. The maximum absolute atomic E-state index is 10.2. The molecule has 0 N–H and O–H groups in total. The van der Waals surface area contributed by atoms with Crippen molar-refractivity contribution in [3.63, 3.8) is 0 Å². The first-order valence-electron chi connectivity index (χ1n) is 2.47. The first-order valence-corrected chi connectivity index (χ1v) is 2.47. The maximum atomic E-state index is 10.2. The zero-order valence-corrected chi connectivity index (χ0v) is 4.18. The van der Waals surface area contributed by atoms with E-state index in [2.05, 4.69) is 6.58 Å². The van der Waals surface area contributed by atoms with Gasteiger partial charge in [0.15, 0.2) is 0 Å². The van der Waals surface area contributed by atoms with Crippen LogP contribution in [0.25, 0.3) is 0 Å². The molecule has 1 aliphatic carbocycles. The van der Waals surface area contributed by atoms with Gasteiger partial charge in [0.25, 0.3) is 0 Å². The summed E-state index contributed by atoms with van der Waals surface area (Å²) < 4.78 is 0. The largest absolute Gasteiger partial charge is 0.300 e. The lowest BCUT2D eigenvalue weighted by atomic mass is 9.84. The van der Waals surface area contributed by atoms with Gasteiger partial charge < -0.3 is 0 Å². The smallest absolute Gasteiger partial charge is 0.134 e. The summed E-state index contributed by atoms with van der Waals surface area (Å²) in [6.45, 7) is 3.56. The maximum Gasteiger partial charge on any atom is 0.134 e. The van der Waals surface area contributed by atoms with E-state index in [1.165, 1.54) is 0 Å². The minimum absolute atomic E-state index is 0.380. The second kappa shape index (κ2) is 1.49. The summed E-state index contributed by atoms with van der Waals surface area (Å²) in [5, 5.41) is 0. The summed E-state index contributed by atoms with van der Waals surface area (Å²) in [5.41, 5.74) is 0. The molecule has 1 fully saturated rings. The minimum Gasteiger partial charge on any atom is -0.300 e. The van der Waals surface area contributed by atoms with Crippen LogP contribution in [0.4, 0.5) is 0 Å². The Labute approximate surface area is 43.0 Å². The van der Waals surface area contributed by atoms with Crippen LogP contribution in [0, 0.1) is 5.92 Å². The van der Waals surface area contributed by atoms with Crippen LogP contribution in [0.1, 0.15) is 12.8 Å². The van der Waals surface area contributed by atoms with Crippen molar-refractivity contribution in [3.8, 4) is 0 Å². The van der Waals surface area contributed by atoms with E-state index in [9.17, 15) is 4.79 Å². The first-order chi connectivity index (χ1) is 3.33. The molecule has 7 heavy (non-hydrogen) atoms. The van der Waals surface area contributed by atoms with E-state index in [1.54, 1.807) is 0 Å². The van der Waals surface area contributed by atoms with Crippen LogP contribution in [0.2, 0.25) is 0 Å². The zero-order chi connectivity index (χ0) is 5.28. The van der Waals surface area contributed by atoms with E-state index in [0.29, 0.717) is 11.7 Å². The quantitative estimate of drug-likeness (QED) is 0.447. The molecule has 0 amide bonds. The minimum atomic E-state index is 0.380. The van der Waals surface area contributed by atoms with E-state index >= 15 is 0 Å². The average molecular weight is 96.1 g/mol. The molecule has 0 unspecified atom stereocenters. The molecule has 0 aromatic heterocycles. The summed E-state index contributed by atoms with van der Waals surface area (Å²) in [5.74, 6) is 0.886. The molecular formula is C6H8O. The third-order valence-electron chi connectivity index (χ3n) is 1.31. The lowest BCUT2D eigenvalue weighted by molar-refractivity contribution is -0.125. The molecule has 0 aromatic carbocycles. The molecule has 0 saturated heterocycles. The van der Waals surface area contributed by atoms with E-state index in [1.807, 2.05) is 6.08 Å². The molecule has 0 atom stereocenters. The first kappa shape index (κ1) is 4.57. The molecule has 1 rings (SSSR count). The van der Waals surface area contributed by atoms with Gasteiger partial charge in [-0.1, -0.05) is 6.08 Å². The van der Waals surface area contributed by atoms with Gasteiger partial charge in [-0.15, -0.1) is 6.58 Å². The van der Waals surface area contributed by atoms with Crippen LogP contribution in [0.15, 0.2) is 12.7 Å². The number of carbonyl (C=O) groups excluding carboxylic acids is 1. The Morgan fingerprint density at radius 1 is 1.71 bits per heavy atom. The predicted octanol–water partition coefficient (Wildman–Crippen LogP) is 1.15. The second-order valence-corrected chi connectivity index (χ2v) is 1.94. The Hall–Kier alpha value is -0.590. The SMILES string of the molecule is C=CC1CC(=O)C1. The molecule has 1 saturated carbocycles. The fourth-order valence-electron chi connectivity index (χ4n) is 0.692. The molecule has 1 nitrogen and oxygen atoms in total. The summed E-state index contributed by atoms with van der Waals surface area (Å²) in [6, 6.07) is 0. The highest BCUT2D eigenvalue weighted by molar-refractivity contribution is 5.85.